The summed E-state index contributed by atoms with van der Waals surface area (Å²) in [4.78, 5) is 11.7. The van der Waals surface area contributed by atoms with E-state index in [-0.39, 0.29) is 11.8 Å². The average Bonchev–Trinajstić information content (AvgIpc) is 2.52. The monoisotopic (exact) mass is 205 g/mol. The summed E-state index contributed by atoms with van der Waals surface area (Å²) in [5, 5.41) is 2.94. The van der Waals surface area contributed by atoms with Gasteiger partial charge in [0.2, 0.25) is 5.91 Å². The number of hydrogen-bond donors (Lipinski definition) is 1. The lowest BCUT2D eigenvalue weighted by molar-refractivity contribution is -0.124. The van der Waals surface area contributed by atoms with Gasteiger partial charge in [-0.15, -0.1) is 0 Å². The number of fused-ring (bicyclic) bond motifs is 2. The highest BCUT2D eigenvalue weighted by molar-refractivity contribution is 5.84. The van der Waals surface area contributed by atoms with Crippen LogP contribution in [0.3, 0.4) is 0 Å². The minimum atomic E-state index is 0.244. The van der Waals surface area contributed by atoms with Gasteiger partial charge < -0.3 is 5.32 Å². The Morgan fingerprint density at radius 2 is 1.67 bits per heavy atom. The molecule has 1 N–H and O–H groups in total. The van der Waals surface area contributed by atoms with Crippen LogP contribution in [-0.2, 0) is 4.79 Å². The fraction of sp³-hybridized carbons (Fsp3) is 0.769. The standard InChI is InChI=1S/C13H19NO/c1-8-11-6-9-4-2-3-5-10(9)7-12(11)13(15)14-8/h9-12H,1-7H2,(H,14,15). The number of carbonyl (C=O) groups excluding carboxylic acids is 1. The first kappa shape index (κ1) is 9.44. The Morgan fingerprint density at radius 1 is 1.07 bits per heavy atom. The summed E-state index contributed by atoms with van der Waals surface area (Å²) in [6, 6.07) is 0. The molecule has 0 aromatic rings. The van der Waals surface area contributed by atoms with E-state index in [9.17, 15) is 4.79 Å². The number of amides is 1. The van der Waals surface area contributed by atoms with E-state index >= 15 is 0 Å². The van der Waals surface area contributed by atoms with Gasteiger partial charge >= 0.3 is 0 Å². The molecule has 82 valence electrons. The van der Waals surface area contributed by atoms with E-state index in [1.165, 1.54) is 32.1 Å². The van der Waals surface area contributed by atoms with Crippen LogP contribution in [0.2, 0.25) is 0 Å². The van der Waals surface area contributed by atoms with Crippen molar-refractivity contribution in [2.45, 2.75) is 38.5 Å². The molecule has 4 unspecified atom stereocenters. The summed E-state index contributed by atoms with van der Waals surface area (Å²) >= 11 is 0. The average molecular weight is 205 g/mol. The second-order valence-corrected chi connectivity index (χ2v) is 5.50. The lowest BCUT2D eigenvalue weighted by atomic mass is 9.64. The van der Waals surface area contributed by atoms with Crippen LogP contribution in [0.5, 0.6) is 0 Å². The van der Waals surface area contributed by atoms with Crippen molar-refractivity contribution < 1.29 is 4.79 Å². The molecule has 2 aliphatic carbocycles. The molecule has 1 heterocycles. The molecule has 0 radical (unpaired) electrons. The van der Waals surface area contributed by atoms with Crippen LogP contribution in [0.1, 0.15) is 38.5 Å². The van der Waals surface area contributed by atoms with Gasteiger partial charge in [0.1, 0.15) is 0 Å². The smallest absolute Gasteiger partial charge is 0.227 e. The predicted molar refractivity (Wildman–Crippen MR) is 58.9 cm³/mol. The number of rotatable bonds is 0. The first-order chi connectivity index (χ1) is 7.25. The molecule has 3 aliphatic rings. The molecule has 0 spiro atoms. The normalized spacial score (nSPS) is 44.5. The zero-order chi connectivity index (χ0) is 10.4. The quantitative estimate of drug-likeness (QED) is 0.646. The van der Waals surface area contributed by atoms with Crippen molar-refractivity contribution >= 4 is 5.91 Å². The van der Waals surface area contributed by atoms with Crippen molar-refractivity contribution in [3.63, 3.8) is 0 Å². The van der Waals surface area contributed by atoms with Crippen molar-refractivity contribution in [3.05, 3.63) is 12.3 Å². The van der Waals surface area contributed by atoms with Gasteiger partial charge in [-0.1, -0.05) is 32.3 Å². The topological polar surface area (TPSA) is 29.1 Å². The summed E-state index contributed by atoms with van der Waals surface area (Å²) in [7, 11) is 0. The van der Waals surface area contributed by atoms with Crippen LogP contribution < -0.4 is 5.32 Å². The highest BCUT2D eigenvalue weighted by Crippen LogP contribution is 2.48. The maximum Gasteiger partial charge on any atom is 0.227 e. The van der Waals surface area contributed by atoms with Crippen LogP contribution in [0, 0.1) is 23.7 Å². The van der Waals surface area contributed by atoms with Crippen LogP contribution >= 0.6 is 0 Å². The van der Waals surface area contributed by atoms with Crippen LogP contribution in [0.4, 0.5) is 0 Å². The Morgan fingerprint density at radius 3 is 2.33 bits per heavy atom. The Balaban J connectivity index is 1.81. The maximum absolute atomic E-state index is 11.7. The van der Waals surface area contributed by atoms with Crippen LogP contribution in [0.25, 0.3) is 0 Å². The largest absolute Gasteiger partial charge is 0.330 e. The van der Waals surface area contributed by atoms with Gasteiger partial charge in [0, 0.05) is 17.5 Å². The van der Waals surface area contributed by atoms with Gasteiger partial charge in [0.25, 0.3) is 0 Å². The lowest BCUT2D eigenvalue weighted by Crippen LogP contribution is -2.34. The van der Waals surface area contributed by atoms with Gasteiger partial charge in [0.05, 0.1) is 0 Å². The molecule has 2 saturated carbocycles. The van der Waals surface area contributed by atoms with Crippen molar-refractivity contribution in [1.29, 1.82) is 0 Å². The molecule has 0 aromatic heterocycles. The Bertz CT molecular complexity index is 280. The maximum atomic E-state index is 11.7. The molecule has 0 aromatic carbocycles. The molecule has 2 heteroatoms. The molecule has 3 rings (SSSR count). The van der Waals surface area contributed by atoms with Gasteiger partial charge in [-0.05, 0) is 24.7 Å². The number of nitrogens with one attached hydrogen (secondary N) is 1. The fourth-order valence-corrected chi connectivity index (χ4v) is 3.90. The third-order valence-corrected chi connectivity index (χ3v) is 4.73. The molecule has 3 fully saturated rings. The van der Waals surface area contributed by atoms with Crippen molar-refractivity contribution in [2.75, 3.05) is 0 Å². The fourth-order valence-electron chi connectivity index (χ4n) is 3.90. The Hall–Kier alpha value is -0.790. The molecule has 1 aliphatic heterocycles. The highest BCUT2D eigenvalue weighted by atomic mass is 16.2. The SMILES string of the molecule is C=C1NC(=O)C2CC3CCCCC3CC12. The van der Waals surface area contributed by atoms with E-state index in [0.717, 1.165) is 24.0 Å². The highest BCUT2D eigenvalue weighted by Gasteiger charge is 2.45. The summed E-state index contributed by atoms with van der Waals surface area (Å²) in [5.74, 6) is 2.67. The Kier molecular flexibility index (Phi) is 2.11. The summed E-state index contributed by atoms with van der Waals surface area (Å²) in [6.45, 7) is 3.99. The molecule has 4 atom stereocenters. The van der Waals surface area contributed by atoms with Crippen molar-refractivity contribution in [1.82, 2.24) is 5.32 Å². The lowest BCUT2D eigenvalue weighted by Gasteiger charge is -2.40. The number of hydrogen-bond acceptors (Lipinski definition) is 1. The molecule has 1 saturated heterocycles. The number of carbonyl (C=O) groups is 1. The first-order valence-corrected chi connectivity index (χ1v) is 6.25. The van der Waals surface area contributed by atoms with E-state index in [1.807, 2.05) is 0 Å². The van der Waals surface area contributed by atoms with Crippen LogP contribution in [0.15, 0.2) is 12.3 Å². The molecular weight excluding hydrogens is 186 g/mol. The molecule has 2 nitrogen and oxygen atoms in total. The summed E-state index contributed by atoms with van der Waals surface area (Å²) in [6.07, 6.45) is 7.85. The zero-order valence-corrected chi connectivity index (χ0v) is 9.17. The van der Waals surface area contributed by atoms with E-state index in [2.05, 4.69) is 11.9 Å². The van der Waals surface area contributed by atoms with Crippen LogP contribution in [-0.4, -0.2) is 5.91 Å². The Labute approximate surface area is 91.1 Å². The van der Waals surface area contributed by atoms with E-state index in [4.69, 9.17) is 0 Å². The van der Waals surface area contributed by atoms with Gasteiger partial charge in [-0.3, -0.25) is 4.79 Å². The number of allylic oxidation sites excluding steroid dienone is 1. The van der Waals surface area contributed by atoms with E-state index < -0.39 is 0 Å². The zero-order valence-electron chi connectivity index (χ0n) is 9.17. The van der Waals surface area contributed by atoms with E-state index in [0.29, 0.717) is 5.92 Å². The minimum absolute atomic E-state index is 0.244. The third kappa shape index (κ3) is 1.42. The van der Waals surface area contributed by atoms with E-state index in [1.54, 1.807) is 0 Å². The predicted octanol–water partition coefficient (Wildman–Crippen LogP) is 2.46. The third-order valence-electron chi connectivity index (χ3n) is 4.73. The van der Waals surface area contributed by atoms with Crippen molar-refractivity contribution in [2.24, 2.45) is 23.7 Å². The molecule has 1 amide bonds. The first-order valence-electron chi connectivity index (χ1n) is 6.25. The minimum Gasteiger partial charge on any atom is -0.330 e. The summed E-state index contributed by atoms with van der Waals surface area (Å²) < 4.78 is 0. The molecule has 0 bridgehead atoms. The summed E-state index contributed by atoms with van der Waals surface area (Å²) in [5.41, 5.74) is 0.994. The second-order valence-electron chi connectivity index (χ2n) is 5.50. The second kappa shape index (κ2) is 3.36. The molecule has 15 heavy (non-hydrogen) atoms. The van der Waals surface area contributed by atoms with Gasteiger partial charge in [0.15, 0.2) is 0 Å². The van der Waals surface area contributed by atoms with Gasteiger partial charge in [-0.25, -0.2) is 0 Å². The van der Waals surface area contributed by atoms with Crippen molar-refractivity contribution in [3.8, 4) is 0 Å². The van der Waals surface area contributed by atoms with Gasteiger partial charge in [-0.2, -0.15) is 0 Å². The molecular formula is C13H19NO.